The second-order valence-corrected chi connectivity index (χ2v) is 11.5. The summed E-state index contributed by atoms with van der Waals surface area (Å²) in [6.07, 6.45) is 2.54. The lowest BCUT2D eigenvalue weighted by Crippen LogP contribution is -2.53. The topological polar surface area (TPSA) is 107 Å². The Morgan fingerprint density at radius 2 is 1.83 bits per heavy atom. The number of carbonyl (C=O) groups excluding carboxylic acids is 1. The van der Waals surface area contributed by atoms with Gasteiger partial charge < -0.3 is 14.6 Å². The third-order valence-corrected chi connectivity index (χ3v) is 8.19. The summed E-state index contributed by atoms with van der Waals surface area (Å²) in [6.45, 7) is 4.67. The summed E-state index contributed by atoms with van der Waals surface area (Å²) in [5.74, 6) is 0.294. The Morgan fingerprint density at radius 3 is 2.55 bits per heavy atom. The number of aromatic nitrogens is 2. The van der Waals surface area contributed by atoms with E-state index in [1.807, 2.05) is 24.8 Å². The van der Waals surface area contributed by atoms with Crippen molar-refractivity contribution in [3.63, 3.8) is 0 Å². The summed E-state index contributed by atoms with van der Waals surface area (Å²) in [5.41, 5.74) is 8.14. The van der Waals surface area contributed by atoms with Gasteiger partial charge in [-0.1, -0.05) is 54.5 Å². The van der Waals surface area contributed by atoms with E-state index >= 15 is 0 Å². The fourth-order valence-corrected chi connectivity index (χ4v) is 6.11. The van der Waals surface area contributed by atoms with Crippen LogP contribution in [0.2, 0.25) is 0 Å². The molecule has 8 nitrogen and oxygen atoms in total. The van der Waals surface area contributed by atoms with Crippen molar-refractivity contribution >= 4 is 5.91 Å². The van der Waals surface area contributed by atoms with Crippen LogP contribution in [0.15, 0.2) is 40.9 Å². The predicted octanol–water partition coefficient (Wildman–Crippen LogP) is 6.53. The van der Waals surface area contributed by atoms with E-state index in [-0.39, 0.29) is 41.6 Å². The maximum absolute atomic E-state index is 14.0. The van der Waals surface area contributed by atoms with Gasteiger partial charge in [0, 0.05) is 17.7 Å². The number of hydrogen-bond donors (Lipinski definition) is 2. The van der Waals surface area contributed by atoms with Crippen molar-refractivity contribution in [1.29, 1.82) is 0 Å². The molecule has 2 heterocycles. The molecule has 3 aromatic rings. The van der Waals surface area contributed by atoms with Crippen LogP contribution in [-0.2, 0) is 6.18 Å². The second-order valence-electron chi connectivity index (χ2n) is 11.5. The fraction of sp³-hybridized carbons (Fsp3) is 0.516. The number of carbonyl (C=O) groups is 1. The average molecular weight is 586 g/mol. The summed E-state index contributed by atoms with van der Waals surface area (Å²) in [5, 5.41) is 6.81. The van der Waals surface area contributed by atoms with Crippen LogP contribution in [0.1, 0.15) is 90.3 Å². The largest absolute Gasteiger partial charge is 0.493 e. The molecule has 0 bridgehead atoms. The van der Waals surface area contributed by atoms with E-state index in [2.05, 4.69) is 15.5 Å². The third kappa shape index (κ3) is 7.12. The van der Waals surface area contributed by atoms with Crippen molar-refractivity contribution in [2.75, 3.05) is 13.2 Å². The van der Waals surface area contributed by atoms with Crippen molar-refractivity contribution in [3.05, 3.63) is 64.5 Å². The lowest BCUT2D eigenvalue weighted by molar-refractivity contribution is -0.138. The molecule has 0 radical (unpaired) electrons. The molecule has 1 aliphatic heterocycles. The zero-order valence-electron chi connectivity index (χ0n) is 24.0. The molecule has 1 saturated carbocycles. The van der Waals surface area contributed by atoms with E-state index in [4.69, 9.17) is 15.0 Å². The first-order chi connectivity index (χ1) is 20.1. The van der Waals surface area contributed by atoms with Gasteiger partial charge in [0.15, 0.2) is 0 Å². The monoisotopic (exact) mass is 585 g/mol. The number of amides is 1. The van der Waals surface area contributed by atoms with Gasteiger partial charge in [0.2, 0.25) is 11.7 Å². The van der Waals surface area contributed by atoms with Gasteiger partial charge in [-0.05, 0) is 69.4 Å². The highest BCUT2D eigenvalue weighted by atomic mass is 19.4. The smallest absolute Gasteiger partial charge is 0.419 e. The highest BCUT2D eigenvalue weighted by Crippen LogP contribution is 2.39. The van der Waals surface area contributed by atoms with Gasteiger partial charge in [0.05, 0.1) is 18.2 Å². The maximum Gasteiger partial charge on any atom is 0.419 e. The van der Waals surface area contributed by atoms with Crippen LogP contribution in [0, 0.1) is 19.8 Å². The van der Waals surface area contributed by atoms with Crippen LogP contribution in [0.3, 0.4) is 0 Å². The van der Waals surface area contributed by atoms with Gasteiger partial charge in [-0.25, -0.2) is 0 Å². The molecule has 226 valence electrons. The van der Waals surface area contributed by atoms with E-state index in [0.717, 1.165) is 42.9 Å². The first-order valence-corrected chi connectivity index (χ1v) is 14.7. The predicted molar refractivity (Wildman–Crippen MR) is 151 cm³/mol. The summed E-state index contributed by atoms with van der Waals surface area (Å²) < 4.78 is 53.1. The normalized spacial score (nSPS) is 19.1. The molecular formula is C31H38F3N5O3. The lowest BCUT2D eigenvalue weighted by atomic mass is 9.87. The standard InChI is InChI=1S/C31H38F3N5O3/c1-19-15-20(2)17-23(16-19)28(40)37-30(35)39-13-6-9-25(39)29-36-27(38-42-29)22-10-11-26(24(18-22)31(32,33)34)41-14-12-21-7-4-3-5-8-21/h10-11,15-18,21,25,30H,3-9,12-14,35H2,1-2H3,(H,37,40). The van der Waals surface area contributed by atoms with Gasteiger partial charge in [-0.15, -0.1) is 0 Å². The van der Waals surface area contributed by atoms with Crippen LogP contribution in [-0.4, -0.2) is 40.4 Å². The molecule has 2 fully saturated rings. The highest BCUT2D eigenvalue weighted by molar-refractivity contribution is 5.94. The Bertz CT molecular complexity index is 1370. The number of halogens is 3. The highest BCUT2D eigenvalue weighted by Gasteiger charge is 2.37. The van der Waals surface area contributed by atoms with E-state index < -0.39 is 18.0 Å². The molecule has 2 aromatic carbocycles. The quantitative estimate of drug-likeness (QED) is 0.275. The van der Waals surface area contributed by atoms with Crippen molar-refractivity contribution in [2.45, 2.75) is 83.7 Å². The molecule has 2 unspecified atom stereocenters. The zero-order valence-corrected chi connectivity index (χ0v) is 24.0. The van der Waals surface area contributed by atoms with Crippen LogP contribution >= 0.6 is 0 Å². The SMILES string of the molecule is Cc1cc(C)cc(C(=O)NC(N)N2CCCC2c2nc(-c3ccc(OCCC4CCCCC4)c(C(F)(F)F)c3)no2)c1. The Labute approximate surface area is 243 Å². The second kappa shape index (κ2) is 12.8. The maximum atomic E-state index is 14.0. The molecule has 1 saturated heterocycles. The number of likely N-dealkylation sites (tertiary alicyclic amines) is 1. The molecule has 2 atom stereocenters. The Kier molecular flexibility index (Phi) is 9.17. The molecule has 2 aliphatic rings. The fourth-order valence-electron chi connectivity index (χ4n) is 6.11. The van der Waals surface area contributed by atoms with E-state index in [1.54, 1.807) is 12.1 Å². The van der Waals surface area contributed by atoms with E-state index in [9.17, 15) is 18.0 Å². The number of rotatable bonds is 9. The van der Waals surface area contributed by atoms with Gasteiger partial charge in [-0.2, -0.15) is 18.2 Å². The molecular weight excluding hydrogens is 547 g/mol. The van der Waals surface area contributed by atoms with Gasteiger partial charge in [0.1, 0.15) is 12.0 Å². The summed E-state index contributed by atoms with van der Waals surface area (Å²) in [7, 11) is 0. The number of nitrogens with two attached hydrogens (primary N) is 1. The summed E-state index contributed by atoms with van der Waals surface area (Å²) in [6, 6.07) is 9.04. The number of nitrogens with zero attached hydrogens (tertiary/aromatic N) is 3. The van der Waals surface area contributed by atoms with Gasteiger partial charge >= 0.3 is 6.18 Å². The molecule has 1 amide bonds. The van der Waals surface area contributed by atoms with E-state index in [0.29, 0.717) is 24.4 Å². The summed E-state index contributed by atoms with van der Waals surface area (Å²) in [4.78, 5) is 19.1. The molecule has 42 heavy (non-hydrogen) atoms. The molecule has 3 N–H and O–H groups in total. The first kappa shape index (κ1) is 30.0. The van der Waals surface area contributed by atoms with Crippen molar-refractivity contribution in [1.82, 2.24) is 20.4 Å². The molecule has 5 rings (SSSR count). The van der Waals surface area contributed by atoms with E-state index in [1.165, 1.54) is 31.4 Å². The molecule has 11 heteroatoms. The van der Waals surface area contributed by atoms with Gasteiger partial charge in [0.25, 0.3) is 5.91 Å². The first-order valence-electron chi connectivity index (χ1n) is 14.7. The number of nitrogens with one attached hydrogen (secondary N) is 1. The number of benzene rings is 2. The number of aryl methyl sites for hydroxylation is 2. The van der Waals surface area contributed by atoms with Crippen LogP contribution in [0.5, 0.6) is 5.75 Å². The molecule has 1 aromatic heterocycles. The Morgan fingerprint density at radius 1 is 1.10 bits per heavy atom. The Balaban J connectivity index is 1.27. The van der Waals surface area contributed by atoms with Crippen molar-refractivity contribution in [2.24, 2.45) is 11.7 Å². The third-order valence-electron chi connectivity index (χ3n) is 8.19. The van der Waals surface area contributed by atoms with Crippen molar-refractivity contribution < 1.29 is 27.2 Å². The van der Waals surface area contributed by atoms with Crippen LogP contribution in [0.4, 0.5) is 13.2 Å². The summed E-state index contributed by atoms with van der Waals surface area (Å²) >= 11 is 0. The molecule has 1 aliphatic carbocycles. The zero-order chi connectivity index (χ0) is 29.9. The number of alkyl halides is 3. The Hall–Kier alpha value is -3.44. The number of hydrogen-bond acceptors (Lipinski definition) is 7. The van der Waals surface area contributed by atoms with Crippen molar-refractivity contribution in [3.8, 4) is 17.1 Å². The number of ether oxygens (including phenoxy) is 1. The minimum absolute atomic E-state index is 0.0453. The van der Waals surface area contributed by atoms with Crippen LogP contribution < -0.4 is 15.8 Å². The minimum atomic E-state index is -4.61. The van der Waals surface area contributed by atoms with Crippen LogP contribution in [0.25, 0.3) is 11.4 Å². The minimum Gasteiger partial charge on any atom is -0.493 e. The van der Waals surface area contributed by atoms with Gasteiger partial charge in [-0.3, -0.25) is 15.4 Å². The average Bonchev–Trinajstić information content (AvgIpc) is 3.63. The lowest BCUT2D eigenvalue weighted by Gasteiger charge is -2.28. The molecule has 0 spiro atoms.